The van der Waals surface area contributed by atoms with Crippen LogP contribution in [-0.2, 0) is 11.3 Å². The molecule has 5 nitrogen and oxygen atoms in total. The lowest BCUT2D eigenvalue weighted by atomic mass is 10.1. The predicted molar refractivity (Wildman–Crippen MR) is 71.9 cm³/mol. The third-order valence-electron chi connectivity index (χ3n) is 2.72. The molecule has 104 valence electrons. The number of hydrogen-bond donors (Lipinski definition) is 1. The molecule has 0 fully saturated rings. The number of methoxy groups -OCH3 is 2. The summed E-state index contributed by atoms with van der Waals surface area (Å²) in [4.78, 5) is 1.99. The maximum Gasteiger partial charge on any atom is 0.136 e. The Morgan fingerprint density at radius 1 is 1.42 bits per heavy atom. The number of nitrogens with zero attached hydrogens (tertiary/aromatic N) is 2. The lowest BCUT2D eigenvalue weighted by Crippen LogP contribution is -2.31. The molecule has 5 heteroatoms. The van der Waals surface area contributed by atoms with Crippen molar-refractivity contribution in [1.29, 1.82) is 5.26 Å². The van der Waals surface area contributed by atoms with Crippen molar-refractivity contribution in [1.82, 2.24) is 4.90 Å². The van der Waals surface area contributed by atoms with Crippen LogP contribution < -0.4 is 4.74 Å². The molecule has 0 bridgehead atoms. The van der Waals surface area contributed by atoms with E-state index in [1.165, 1.54) is 0 Å². The van der Waals surface area contributed by atoms with E-state index < -0.39 is 6.10 Å². The van der Waals surface area contributed by atoms with Crippen LogP contribution in [0.1, 0.15) is 11.1 Å². The number of aliphatic hydroxyl groups is 1. The SMILES string of the molecule is COCC(O)CN(C)Cc1ccc(C#N)c(OC)c1. The van der Waals surface area contributed by atoms with E-state index in [2.05, 4.69) is 6.07 Å². The van der Waals surface area contributed by atoms with Gasteiger partial charge in [0.15, 0.2) is 0 Å². The largest absolute Gasteiger partial charge is 0.495 e. The molecule has 0 saturated heterocycles. The van der Waals surface area contributed by atoms with Gasteiger partial charge in [0.25, 0.3) is 0 Å². The number of benzene rings is 1. The Kier molecular flexibility index (Phi) is 6.30. The first-order chi connectivity index (χ1) is 9.10. The van der Waals surface area contributed by atoms with E-state index in [0.29, 0.717) is 31.0 Å². The summed E-state index contributed by atoms with van der Waals surface area (Å²) in [5.74, 6) is 0.575. The topological polar surface area (TPSA) is 65.7 Å². The van der Waals surface area contributed by atoms with Gasteiger partial charge in [-0.25, -0.2) is 0 Å². The number of hydrogen-bond acceptors (Lipinski definition) is 5. The van der Waals surface area contributed by atoms with E-state index >= 15 is 0 Å². The molecule has 0 heterocycles. The lowest BCUT2D eigenvalue weighted by Gasteiger charge is -2.20. The molecule has 0 aromatic heterocycles. The van der Waals surface area contributed by atoms with E-state index in [0.717, 1.165) is 5.56 Å². The van der Waals surface area contributed by atoms with Crippen LogP contribution in [0.5, 0.6) is 5.75 Å². The minimum Gasteiger partial charge on any atom is -0.495 e. The summed E-state index contributed by atoms with van der Waals surface area (Å²) >= 11 is 0. The molecular formula is C14H20N2O3. The minimum absolute atomic E-state index is 0.320. The molecule has 1 unspecified atom stereocenters. The molecular weight excluding hydrogens is 244 g/mol. The Bertz CT molecular complexity index is 443. The highest BCUT2D eigenvalue weighted by Gasteiger charge is 2.10. The molecule has 0 radical (unpaired) electrons. The fourth-order valence-corrected chi connectivity index (χ4v) is 1.91. The lowest BCUT2D eigenvalue weighted by molar-refractivity contribution is 0.0419. The maximum atomic E-state index is 9.65. The van der Waals surface area contributed by atoms with Crippen molar-refractivity contribution in [3.8, 4) is 11.8 Å². The van der Waals surface area contributed by atoms with E-state index in [4.69, 9.17) is 14.7 Å². The van der Waals surface area contributed by atoms with Gasteiger partial charge in [-0.15, -0.1) is 0 Å². The summed E-state index contributed by atoms with van der Waals surface area (Å²) in [5, 5.41) is 18.6. The van der Waals surface area contributed by atoms with Crippen LogP contribution in [-0.4, -0.2) is 50.5 Å². The van der Waals surface area contributed by atoms with Crippen molar-refractivity contribution in [3.63, 3.8) is 0 Å². The third-order valence-corrected chi connectivity index (χ3v) is 2.72. The zero-order valence-corrected chi connectivity index (χ0v) is 11.6. The molecule has 1 rings (SSSR count). The molecule has 0 amide bonds. The Balaban J connectivity index is 2.64. The van der Waals surface area contributed by atoms with Crippen molar-refractivity contribution in [3.05, 3.63) is 29.3 Å². The zero-order valence-electron chi connectivity index (χ0n) is 11.6. The summed E-state index contributed by atoms with van der Waals surface area (Å²) in [7, 11) is 5.03. The van der Waals surface area contributed by atoms with Crippen LogP contribution in [0.4, 0.5) is 0 Å². The van der Waals surface area contributed by atoms with Crippen molar-refractivity contribution in [2.75, 3.05) is 34.4 Å². The second-order valence-electron chi connectivity index (χ2n) is 4.45. The zero-order chi connectivity index (χ0) is 14.3. The Morgan fingerprint density at radius 2 is 2.16 bits per heavy atom. The Morgan fingerprint density at radius 3 is 2.74 bits per heavy atom. The van der Waals surface area contributed by atoms with Crippen molar-refractivity contribution < 1.29 is 14.6 Å². The van der Waals surface area contributed by atoms with E-state index in [-0.39, 0.29) is 0 Å². The van der Waals surface area contributed by atoms with E-state index in [1.54, 1.807) is 20.3 Å². The van der Waals surface area contributed by atoms with Crippen LogP contribution in [0.25, 0.3) is 0 Å². The molecule has 0 spiro atoms. The Hall–Kier alpha value is -1.61. The summed E-state index contributed by atoms with van der Waals surface area (Å²) in [5.41, 5.74) is 1.55. The average molecular weight is 264 g/mol. The smallest absolute Gasteiger partial charge is 0.136 e. The van der Waals surface area contributed by atoms with Crippen molar-refractivity contribution in [2.24, 2.45) is 0 Å². The van der Waals surface area contributed by atoms with Crippen LogP contribution in [0, 0.1) is 11.3 Å². The van der Waals surface area contributed by atoms with Gasteiger partial charge in [-0.1, -0.05) is 6.07 Å². The summed E-state index contributed by atoms with van der Waals surface area (Å²) in [6.45, 7) is 1.51. The number of nitriles is 1. The molecule has 0 aliphatic rings. The molecule has 0 saturated carbocycles. The predicted octanol–water partition coefficient (Wildman–Crippen LogP) is 1.01. The van der Waals surface area contributed by atoms with Crippen LogP contribution in [0.2, 0.25) is 0 Å². The second kappa shape index (κ2) is 7.74. The standard InChI is InChI=1S/C14H20N2O3/c1-16(9-13(17)10-18-2)8-11-4-5-12(7-15)14(6-11)19-3/h4-6,13,17H,8-10H2,1-3H3. The fraction of sp³-hybridized carbons (Fsp3) is 0.500. The van der Waals surface area contributed by atoms with Gasteiger partial charge < -0.3 is 14.6 Å². The summed E-state index contributed by atoms with van der Waals surface area (Å²) < 4.78 is 10.1. The maximum absolute atomic E-state index is 9.65. The van der Waals surface area contributed by atoms with E-state index in [1.807, 2.05) is 24.1 Å². The van der Waals surface area contributed by atoms with Gasteiger partial charge >= 0.3 is 0 Å². The minimum atomic E-state index is -0.504. The summed E-state index contributed by atoms with van der Waals surface area (Å²) in [6.07, 6.45) is -0.504. The third kappa shape index (κ3) is 4.87. The monoisotopic (exact) mass is 264 g/mol. The molecule has 19 heavy (non-hydrogen) atoms. The first kappa shape index (κ1) is 15.4. The second-order valence-corrected chi connectivity index (χ2v) is 4.45. The van der Waals surface area contributed by atoms with Crippen molar-refractivity contribution >= 4 is 0 Å². The summed E-state index contributed by atoms with van der Waals surface area (Å²) in [6, 6.07) is 7.56. The van der Waals surface area contributed by atoms with Gasteiger partial charge in [0.1, 0.15) is 11.8 Å². The Labute approximate surface area is 114 Å². The number of ether oxygens (including phenoxy) is 2. The van der Waals surface area contributed by atoms with Gasteiger partial charge in [0, 0.05) is 20.2 Å². The first-order valence-corrected chi connectivity index (χ1v) is 6.03. The van der Waals surface area contributed by atoms with Crippen LogP contribution in [0.3, 0.4) is 0 Å². The molecule has 0 aliphatic carbocycles. The highest BCUT2D eigenvalue weighted by atomic mass is 16.5. The van der Waals surface area contributed by atoms with Gasteiger partial charge in [-0.3, -0.25) is 4.90 Å². The number of rotatable bonds is 7. The molecule has 1 atom stereocenters. The van der Waals surface area contributed by atoms with E-state index in [9.17, 15) is 5.11 Å². The fourth-order valence-electron chi connectivity index (χ4n) is 1.91. The highest BCUT2D eigenvalue weighted by molar-refractivity contribution is 5.45. The van der Waals surface area contributed by atoms with Crippen LogP contribution >= 0.6 is 0 Å². The molecule has 1 aromatic rings. The van der Waals surface area contributed by atoms with Gasteiger partial charge in [-0.2, -0.15) is 5.26 Å². The average Bonchev–Trinajstić information content (AvgIpc) is 2.38. The van der Waals surface area contributed by atoms with Gasteiger partial charge in [0.05, 0.1) is 25.4 Å². The normalized spacial score (nSPS) is 12.2. The molecule has 0 aliphatic heterocycles. The number of likely N-dealkylation sites (N-methyl/N-ethyl adjacent to an activating group) is 1. The molecule has 1 aromatic carbocycles. The van der Waals surface area contributed by atoms with Gasteiger partial charge in [0.2, 0.25) is 0 Å². The molecule has 1 N–H and O–H groups in total. The van der Waals surface area contributed by atoms with Crippen molar-refractivity contribution in [2.45, 2.75) is 12.6 Å². The van der Waals surface area contributed by atoms with Gasteiger partial charge in [-0.05, 0) is 24.7 Å². The number of aliphatic hydroxyl groups excluding tert-OH is 1. The van der Waals surface area contributed by atoms with Crippen LogP contribution in [0.15, 0.2) is 18.2 Å². The quantitative estimate of drug-likeness (QED) is 0.796. The highest BCUT2D eigenvalue weighted by Crippen LogP contribution is 2.20. The first-order valence-electron chi connectivity index (χ1n) is 6.03.